The van der Waals surface area contributed by atoms with Crippen molar-refractivity contribution in [3.05, 3.63) is 83.6 Å². The van der Waals surface area contributed by atoms with Gasteiger partial charge in [-0.15, -0.1) is 11.3 Å². The number of nitrogens with one attached hydrogen (secondary N) is 1. The zero-order valence-electron chi connectivity index (χ0n) is 16.6. The molecule has 1 amide bonds. The molecular weight excluding hydrogens is 398 g/mol. The lowest BCUT2D eigenvalue weighted by molar-refractivity contribution is -0.121. The number of imidazole rings is 1. The molecular formula is C22H21N5O2S. The van der Waals surface area contributed by atoms with Gasteiger partial charge in [0, 0.05) is 42.8 Å². The number of amides is 1. The Balaban J connectivity index is 1.52. The molecule has 4 rings (SSSR count). The monoisotopic (exact) mass is 419 g/mol. The maximum absolute atomic E-state index is 12.9. The number of hydrogen-bond acceptors (Lipinski definition) is 6. The van der Waals surface area contributed by atoms with Gasteiger partial charge in [-0.3, -0.25) is 9.78 Å². The lowest BCUT2D eigenvalue weighted by Crippen LogP contribution is -2.32. The zero-order chi connectivity index (χ0) is 20.9. The lowest BCUT2D eigenvalue weighted by Gasteiger charge is -2.19. The number of pyridine rings is 1. The highest BCUT2D eigenvalue weighted by Crippen LogP contribution is 2.25. The maximum atomic E-state index is 12.9. The molecule has 7 nitrogen and oxygen atoms in total. The van der Waals surface area contributed by atoms with Gasteiger partial charge in [0.15, 0.2) is 0 Å². The number of hydrogen-bond donors (Lipinski definition) is 1. The first-order chi connectivity index (χ1) is 14.6. The predicted octanol–water partition coefficient (Wildman–Crippen LogP) is 3.40. The van der Waals surface area contributed by atoms with Crippen molar-refractivity contribution in [2.45, 2.75) is 12.5 Å². The van der Waals surface area contributed by atoms with E-state index in [1.54, 1.807) is 25.7 Å². The predicted molar refractivity (Wildman–Crippen MR) is 115 cm³/mol. The van der Waals surface area contributed by atoms with E-state index in [0.29, 0.717) is 0 Å². The second-order valence-corrected chi connectivity index (χ2v) is 7.59. The summed E-state index contributed by atoms with van der Waals surface area (Å²) in [6.07, 6.45) is 7.26. The molecule has 4 aromatic rings. The van der Waals surface area contributed by atoms with Crippen molar-refractivity contribution in [1.29, 1.82) is 0 Å². The second kappa shape index (κ2) is 8.87. The van der Waals surface area contributed by atoms with E-state index in [-0.39, 0.29) is 18.4 Å². The van der Waals surface area contributed by atoms with E-state index in [9.17, 15) is 4.79 Å². The largest absolute Gasteiger partial charge is 0.497 e. The van der Waals surface area contributed by atoms with Crippen LogP contribution in [-0.2, 0) is 18.3 Å². The summed E-state index contributed by atoms with van der Waals surface area (Å²) < 4.78 is 7.14. The normalized spacial score (nSPS) is 11.8. The molecule has 30 heavy (non-hydrogen) atoms. The first-order valence-corrected chi connectivity index (χ1v) is 10.3. The highest BCUT2D eigenvalue weighted by atomic mass is 32.1. The minimum absolute atomic E-state index is 0.123. The molecule has 3 heterocycles. The average molecular weight is 420 g/mol. The molecule has 152 valence electrons. The molecule has 0 aliphatic carbocycles. The molecule has 1 unspecified atom stereocenters. The Bertz CT molecular complexity index is 1120. The first kappa shape index (κ1) is 19.8. The number of carbonyl (C=O) groups is 1. The lowest BCUT2D eigenvalue weighted by atomic mass is 10.1. The van der Waals surface area contributed by atoms with E-state index in [0.717, 1.165) is 33.4 Å². The Morgan fingerprint density at radius 3 is 2.73 bits per heavy atom. The molecule has 0 aliphatic rings. The zero-order valence-corrected chi connectivity index (χ0v) is 17.5. The van der Waals surface area contributed by atoms with Crippen LogP contribution in [0.3, 0.4) is 0 Å². The fraction of sp³-hybridized carbons (Fsp3) is 0.182. The Morgan fingerprint density at radius 1 is 1.23 bits per heavy atom. The van der Waals surface area contributed by atoms with Gasteiger partial charge in [0.05, 0.1) is 19.2 Å². The number of methoxy groups -OCH3 is 1. The molecule has 0 spiro atoms. The Hall–Kier alpha value is -3.52. The third-order valence-electron chi connectivity index (χ3n) is 4.67. The van der Waals surface area contributed by atoms with Crippen LogP contribution in [0.1, 0.15) is 23.1 Å². The number of carbonyl (C=O) groups excluding carboxylic acids is 1. The van der Waals surface area contributed by atoms with Crippen molar-refractivity contribution >= 4 is 17.2 Å². The van der Waals surface area contributed by atoms with Gasteiger partial charge in [-0.25, -0.2) is 9.97 Å². The van der Waals surface area contributed by atoms with Crippen LogP contribution in [0.25, 0.3) is 10.6 Å². The van der Waals surface area contributed by atoms with Crippen LogP contribution in [0, 0.1) is 0 Å². The molecule has 0 saturated carbocycles. The van der Waals surface area contributed by atoms with E-state index in [1.807, 2.05) is 59.6 Å². The van der Waals surface area contributed by atoms with Crippen molar-refractivity contribution in [2.75, 3.05) is 7.11 Å². The van der Waals surface area contributed by atoms with Gasteiger partial charge in [-0.2, -0.15) is 0 Å². The third-order valence-corrected chi connectivity index (χ3v) is 5.61. The van der Waals surface area contributed by atoms with Gasteiger partial charge in [0.1, 0.15) is 22.6 Å². The smallest absolute Gasteiger partial charge is 0.226 e. The topological polar surface area (TPSA) is 81.9 Å². The van der Waals surface area contributed by atoms with Crippen LogP contribution in [0.2, 0.25) is 0 Å². The summed E-state index contributed by atoms with van der Waals surface area (Å²) >= 11 is 1.50. The summed E-state index contributed by atoms with van der Waals surface area (Å²) in [4.78, 5) is 26.0. The van der Waals surface area contributed by atoms with Crippen LogP contribution in [0.5, 0.6) is 5.75 Å². The van der Waals surface area contributed by atoms with Crippen molar-refractivity contribution < 1.29 is 9.53 Å². The average Bonchev–Trinajstić information content (AvgIpc) is 3.42. The fourth-order valence-corrected chi connectivity index (χ4v) is 3.95. The van der Waals surface area contributed by atoms with Gasteiger partial charge in [-0.05, 0) is 29.8 Å². The van der Waals surface area contributed by atoms with Gasteiger partial charge < -0.3 is 14.6 Å². The van der Waals surface area contributed by atoms with E-state index >= 15 is 0 Å². The molecule has 0 bridgehead atoms. The number of aromatic nitrogens is 4. The van der Waals surface area contributed by atoms with Crippen LogP contribution in [0.15, 0.2) is 66.6 Å². The summed E-state index contributed by atoms with van der Waals surface area (Å²) in [7, 11) is 3.53. The molecule has 1 N–H and O–H groups in total. The van der Waals surface area contributed by atoms with Crippen LogP contribution in [0.4, 0.5) is 0 Å². The standard InChI is InChI=1S/C22H21N5O2S/c1-27-11-10-24-21(27)20(15-5-7-18(29-2)8-6-15)26-19(28)12-17-14-30-22(25-17)16-4-3-9-23-13-16/h3-11,13-14,20H,12H2,1-2H3,(H,26,28). The minimum Gasteiger partial charge on any atom is -0.497 e. The Kier molecular flexibility index (Phi) is 5.85. The summed E-state index contributed by atoms with van der Waals surface area (Å²) in [5.74, 6) is 1.39. The molecule has 8 heteroatoms. The van der Waals surface area contributed by atoms with Gasteiger partial charge in [0.2, 0.25) is 5.91 Å². The van der Waals surface area contributed by atoms with Crippen molar-refractivity contribution in [3.63, 3.8) is 0 Å². The number of thiazole rings is 1. The SMILES string of the molecule is COc1ccc(C(NC(=O)Cc2csc(-c3cccnc3)n2)c2nccn2C)cc1. The first-order valence-electron chi connectivity index (χ1n) is 9.39. The molecule has 1 atom stereocenters. The van der Waals surface area contributed by atoms with Crippen molar-refractivity contribution in [2.24, 2.45) is 7.05 Å². The number of nitrogens with zero attached hydrogens (tertiary/aromatic N) is 4. The number of ether oxygens (including phenoxy) is 1. The van der Waals surface area contributed by atoms with Gasteiger partial charge in [0.25, 0.3) is 0 Å². The number of aryl methyl sites for hydroxylation is 1. The van der Waals surface area contributed by atoms with Crippen molar-refractivity contribution in [3.8, 4) is 16.3 Å². The fourth-order valence-electron chi connectivity index (χ4n) is 3.14. The van der Waals surface area contributed by atoms with E-state index < -0.39 is 0 Å². The molecule has 1 aromatic carbocycles. The minimum atomic E-state index is -0.375. The van der Waals surface area contributed by atoms with Crippen LogP contribution < -0.4 is 10.1 Å². The molecule has 0 radical (unpaired) electrons. The Labute approximate surface area is 178 Å². The van der Waals surface area contributed by atoms with Gasteiger partial charge >= 0.3 is 0 Å². The highest BCUT2D eigenvalue weighted by molar-refractivity contribution is 7.13. The quantitative estimate of drug-likeness (QED) is 0.497. The van der Waals surface area contributed by atoms with Crippen LogP contribution >= 0.6 is 11.3 Å². The summed E-state index contributed by atoms with van der Waals surface area (Å²) in [5, 5.41) is 5.86. The van der Waals surface area contributed by atoms with Crippen LogP contribution in [-0.4, -0.2) is 32.5 Å². The highest BCUT2D eigenvalue weighted by Gasteiger charge is 2.21. The molecule has 0 saturated heterocycles. The summed E-state index contributed by atoms with van der Waals surface area (Å²) in [6, 6.07) is 11.1. The van der Waals surface area contributed by atoms with E-state index in [1.165, 1.54) is 11.3 Å². The number of benzene rings is 1. The second-order valence-electron chi connectivity index (χ2n) is 6.73. The van der Waals surface area contributed by atoms with Crippen molar-refractivity contribution in [1.82, 2.24) is 24.8 Å². The molecule has 0 fully saturated rings. The third kappa shape index (κ3) is 4.38. The van der Waals surface area contributed by atoms with E-state index in [2.05, 4.69) is 20.3 Å². The summed E-state index contributed by atoms with van der Waals surface area (Å²) in [5.41, 5.74) is 2.59. The van der Waals surface area contributed by atoms with E-state index in [4.69, 9.17) is 4.74 Å². The van der Waals surface area contributed by atoms with Gasteiger partial charge in [-0.1, -0.05) is 12.1 Å². The molecule has 3 aromatic heterocycles. The maximum Gasteiger partial charge on any atom is 0.226 e. The number of rotatable bonds is 7. The Morgan fingerprint density at radius 2 is 2.07 bits per heavy atom. The molecule has 0 aliphatic heterocycles. The summed E-state index contributed by atoms with van der Waals surface area (Å²) in [6.45, 7) is 0.